The molecule has 2 aromatic heterocycles. The number of pyridine rings is 1. The van der Waals surface area contributed by atoms with Crippen LogP contribution < -0.4 is 4.90 Å². The van der Waals surface area contributed by atoms with E-state index in [9.17, 15) is 13.2 Å². The van der Waals surface area contributed by atoms with Gasteiger partial charge in [-0.2, -0.15) is 13.2 Å². The minimum Gasteiger partial charge on any atom is -0.343 e. The fourth-order valence-electron chi connectivity index (χ4n) is 1.55. The summed E-state index contributed by atoms with van der Waals surface area (Å²) in [5.41, 5.74) is 0.786. The molecule has 0 aliphatic rings. The van der Waals surface area contributed by atoms with E-state index >= 15 is 0 Å². The van der Waals surface area contributed by atoms with Gasteiger partial charge in [0.2, 0.25) is 0 Å². The molecule has 0 saturated carbocycles. The fraction of sp³-hybridized carbons (Fsp3) is 0.333. The molecule has 0 spiro atoms. The van der Waals surface area contributed by atoms with Crippen LogP contribution in [0.15, 0.2) is 30.6 Å². The SMILES string of the molecule is CC(c1ccccn1)N(C)c1ncc(C(F)(F)F)s1. The van der Waals surface area contributed by atoms with Crippen LogP contribution in [-0.4, -0.2) is 17.0 Å². The summed E-state index contributed by atoms with van der Waals surface area (Å²) in [6.45, 7) is 1.87. The Balaban J connectivity index is 2.20. The highest BCUT2D eigenvalue weighted by Gasteiger charge is 2.34. The third-order valence-electron chi connectivity index (χ3n) is 2.77. The van der Waals surface area contributed by atoms with Crippen molar-refractivity contribution in [3.63, 3.8) is 0 Å². The second-order valence-corrected chi connectivity index (χ2v) is 5.06. The lowest BCUT2D eigenvalue weighted by molar-refractivity contribution is -0.134. The summed E-state index contributed by atoms with van der Waals surface area (Å²) in [5.74, 6) is 0. The van der Waals surface area contributed by atoms with Crippen LogP contribution in [0.4, 0.5) is 18.3 Å². The highest BCUT2D eigenvalue weighted by Crippen LogP contribution is 2.37. The Kier molecular flexibility index (Phi) is 3.75. The van der Waals surface area contributed by atoms with E-state index in [1.54, 1.807) is 24.2 Å². The van der Waals surface area contributed by atoms with Gasteiger partial charge in [-0.25, -0.2) is 4.98 Å². The number of alkyl halides is 3. The Hall–Kier alpha value is -1.63. The molecule has 0 aliphatic carbocycles. The first-order chi connectivity index (χ1) is 8.89. The molecule has 0 bridgehead atoms. The van der Waals surface area contributed by atoms with E-state index in [-0.39, 0.29) is 6.04 Å². The largest absolute Gasteiger partial charge is 0.427 e. The molecule has 2 aromatic rings. The first kappa shape index (κ1) is 13.8. The van der Waals surface area contributed by atoms with Crippen molar-refractivity contribution in [3.8, 4) is 0 Å². The van der Waals surface area contributed by atoms with Gasteiger partial charge in [0.1, 0.15) is 4.88 Å². The summed E-state index contributed by atoms with van der Waals surface area (Å²) in [5, 5.41) is 0.325. The number of rotatable bonds is 3. The maximum absolute atomic E-state index is 12.5. The maximum Gasteiger partial charge on any atom is 0.427 e. The molecule has 2 rings (SSSR count). The van der Waals surface area contributed by atoms with Gasteiger partial charge in [-0.15, -0.1) is 0 Å². The zero-order valence-corrected chi connectivity index (χ0v) is 11.2. The third kappa shape index (κ3) is 3.04. The van der Waals surface area contributed by atoms with Gasteiger partial charge in [0.15, 0.2) is 5.13 Å². The second-order valence-electron chi connectivity index (χ2n) is 4.05. The van der Waals surface area contributed by atoms with Gasteiger partial charge in [-0.05, 0) is 19.1 Å². The first-order valence-corrected chi connectivity index (χ1v) is 6.38. The summed E-state index contributed by atoms with van der Waals surface area (Å²) in [4.78, 5) is 9.01. The number of hydrogen-bond donors (Lipinski definition) is 0. The Labute approximate surface area is 112 Å². The van der Waals surface area contributed by atoms with E-state index in [1.807, 2.05) is 19.1 Å². The van der Waals surface area contributed by atoms with Crippen LogP contribution in [0.25, 0.3) is 0 Å². The molecule has 0 amide bonds. The van der Waals surface area contributed by atoms with Gasteiger partial charge in [-0.3, -0.25) is 4.98 Å². The Morgan fingerprint density at radius 1 is 1.26 bits per heavy atom. The Bertz CT molecular complexity index is 539. The molecule has 0 aliphatic heterocycles. The van der Waals surface area contributed by atoms with E-state index in [1.165, 1.54) is 0 Å². The third-order valence-corrected chi connectivity index (χ3v) is 3.90. The lowest BCUT2D eigenvalue weighted by atomic mass is 10.2. The molecule has 0 fully saturated rings. The van der Waals surface area contributed by atoms with Crippen molar-refractivity contribution in [2.45, 2.75) is 19.1 Å². The quantitative estimate of drug-likeness (QED) is 0.860. The van der Waals surface area contributed by atoms with Crippen LogP contribution in [0, 0.1) is 0 Å². The van der Waals surface area contributed by atoms with Crippen LogP contribution in [-0.2, 0) is 6.18 Å². The molecule has 2 heterocycles. The normalized spacial score (nSPS) is 13.3. The smallest absolute Gasteiger partial charge is 0.343 e. The summed E-state index contributed by atoms with van der Waals surface area (Å²) in [6.07, 6.45) is -1.82. The van der Waals surface area contributed by atoms with Crippen molar-refractivity contribution in [1.29, 1.82) is 0 Å². The van der Waals surface area contributed by atoms with Gasteiger partial charge in [0.05, 0.1) is 17.9 Å². The van der Waals surface area contributed by atoms with E-state index < -0.39 is 11.1 Å². The van der Waals surface area contributed by atoms with Crippen LogP contribution >= 0.6 is 11.3 Å². The molecule has 1 atom stereocenters. The average Bonchev–Trinajstić information content (AvgIpc) is 2.87. The van der Waals surface area contributed by atoms with Crippen LogP contribution in [0.2, 0.25) is 0 Å². The number of aromatic nitrogens is 2. The molecular weight excluding hydrogens is 275 g/mol. The topological polar surface area (TPSA) is 29.0 Å². The summed E-state index contributed by atoms with van der Waals surface area (Å²) in [7, 11) is 1.71. The molecule has 3 nitrogen and oxygen atoms in total. The highest BCUT2D eigenvalue weighted by molar-refractivity contribution is 7.15. The molecule has 19 heavy (non-hydrogen) atoms. The van der Waals surface area contributed by atoms with Gasteiger partial charge in [0.25, 0.3) is 0 Å². The second kappa shape index (κ2) is 5.16. The minimum atomic E-state index is -4.34. The lowest BCUT2D eigenvalue weighted by Gasteiger charge is -2.23. The van der Waals surface area contributed by atoms with Crippen LogP contribution in [0.3, 0.4) is 0 Å². The van der Waals surface area contributed by atoms with Gasteiger partial charge in [-0.1, -0.05) is 17.4 Å². The monoisotopic (exact) mass is 287 g/mol. The van der Waals surface area contributed by atoms with Crippen molar-refractivity contribution < 1.29 is 13.2 Å². The zero-order valence-electron chi connectivity index (χ0n) is 10.3. The summed E-state index contributed by atoms with van der Waals surface area (Å²) >= 11 is 0.633. The number of nitrogens with zero attached hydrogens (tertiary/aromatic N) is 3. The van der Waals surface area contributed by atoms with Crippen molar-refractivity contribution >= 4 is 16.5 Å². The predicted octanol–water partition coefficient (Wildman–Crippen LogP) is 3.75. The van der Waals surface area contributed by atoms with Gasteiger partial charge >= 0.3 is 6.18 Å². The number of halogens is 3. The summed E-state index contributed by atoms with van der Waals surface area (Å²) < 4.78 is 37.6. The van der Waals surface area contributed by atoms with Crippen LogP contribution in [0.1, 0.15) is 23.5 Å². The van der Waals surface area contributed by atoms with E-state index in [0.29, 0.717) is 16.5 Å². The van der Waals surface area contributed by atoms with Crippen molar-refractivity contribution in [1.82, 2.24) is 9.97 Å². The van der Waals surface area contributed by atoms with E-state index in [4.69, 9.17) is 0 Å². The minimum absolute atomic E-state index is 0.145. The molecule has 0 radical (unpaired) electrons. The van der Waals surface area contributed by atoms with Crippen molar-refractivity contribution in [2.24, 2.45) is 0 Å². The predicted molar refractivity (Wildman–Crippen MR) is 68.2 cm³/mol. The first-order valence-electron chi connectivity index (χ1n) is 5.56. The number of thiazole rings is 1. The van der Waals surface area contributed by atoms with E-state index in [0.717, 1.165) is 11.9 Å². The molecule has 0 aromatic carbocycles. The molecular formula is C12H12F3N3S. The summed E-state index contributed by atoms with van der Waals surface area (Å²) in [6, 6.07) is 5.32. The standard InChI is InChI=1S/C12H12F3N3S/c1-8(9-5-3-4-6-16-9)18(2)11-17-7-10(19-11)12(13,14)15/h3-8H,1-2H3. The van der Waals surface area contributed by atoms with Gasteiger partial charge in [0, 0.05) is 13.2 Å². The van der Waals surface area contributed by atoms with Crippen molar-refractivity contribution in [3.05, 3.63) is 41.2 Å². The molecule has 0 saturated heterocycles. The van der Waals surface area contributed by atoms with E-state index in [2.05, 4.69) is 9.97 Å². The molecule has 7 heteroatoms. The van der Waals surface area contributed by atoms with Crippen LogP contribution in [0.5, 0.6) is 0 Å². The molecule has 0 N–H and O–H groups in total. The maximum atomic E-state index is 12.5. The van der Waals surface area contributed by atoms with Gasteiger partial charge < -0.3 is 4.90 Å². The van der Waals surface area contributed by atoms with Crippen molar-refractivity contribution in [2.75, 3.05) is 11.9 Å². The number of anilines is 1. The lowest BCUT2D eigenvalue weighted by Crippen LogP contribution is -2.22. The Morgan fingerprint density at radius 2 is 2.00 bits per heavy atom. The molecule has 1 unspecified atom stereocenters. The Morgan fingerprint density at radius 3 is 2.53 bits per heavy atom. The molecule has 102 valence electrons. The number of hydrogen-bond acceptors (Lipinski definition) is 4. The fourth-order valence-corrected chi connectivity index (χ4v) is 2.37. The highest BCUT2D eigenvalue weighted by atomic mass is 32.1. The zero-order chi connectivity index (χ0) is 14.0. The average molecular weight is 287 g/mol.